The molecule has 3 aromatic rings. The highest BCUT2D eigenvalue weighted by atomic mass is 35.5. The molecule has 1 aromatic heterocycles. The first-order chi connectivity index (χ1) is 17.2. The number of pyridine rings is 1. The molecule has 1 aliphatic heterocycles. The Labute approximate surface area is 215 Å². The minimum absolute atomic E-state index is 0.0117. The summed E-state index contributed by atoms with van der Waals surface area (Å²) in [7, 11) is 0. The van der Waals surface area contributed by atoms with Crippen LogP contribution in [0.5, 0.6) is 0 Å². The van der Waals surface area contributed by atoms with Crippen molar-refractivity contribution in [2.45, 2.75) is 52.1 Å². The lowest BCUT2D eigenvalue weighted by Gasteiger charge is -2.43. The van der Waals surface area contributed by atoms with E-state index in [-0.39, 0.29) is 29.1 Å². The highest BCUT2D eigenvalue weighted by molar-refractivity contribution is 6.31. The third kappa shape index (κ3) is 4.33. The normalized spacial score (nSPS) is 19.5. The third-order valence-electron chi connectivity index (χ3n) is 7.20. The number of carbonyl (C=O) groups is 2. The van der Waals surface area contributed by atoms with Crippen LogP contribution in [-0.4, -0.2) is 21.2 Å². The molecule has 5 nitrogen and oxygen atoms in total. The second kappa shape index (κ2) is 9.21. The molecule has 0 fully saturated rings. The van der Waals surface area contributed by atoms with Gasteiger partial charge in [0.2, 0.25) is 5.91 Å². The number of allylic oxidation sites excluding steroid dienone is 3. The number of rotatable bonds is 5. The van der Waals surface area contributed by atoms with Crippen molar-refractivity contribution < 1.29 is 9.59 Å². The van der Waals surface area contributed by atoms with Crippen molar-refractivity contribution in [3.05, 3.63) is 105 Å². The number of hydrogen-bond donors (Lipinski definition) is 0. The summed E-state index contributed by atoms with van der Waals surface area (Å²) in [6.45, 7) is 8.64. The fraction of sp³-hybridized carbons (Fsp3) is 0.300. The zero-order valence-corrected chi connectivity index (χ0v) is 21.3. The van der Waals surface area contributed by atoms with Gasteiger partial charge in [-0.1, -0.05) is 61.9 Å². The van der Waals surface area contributed by atoms with Gasteiger partial charge in [0, 0.05) is 52.5 Å². The van der Waals surface area contributed by atoms with Crippen LogP contribution < -0.4 is 5.56 Å². The molecule has 0 bridgehead atoms. The molecule has 2 aromatic carbocycles. The topological polar surface area (TPSA) is 59.4 Å². The van der Waals surface area contributed by atoms with Crippen LogP contribution in [-0.2, 0) is 22.7 Å². The molecule has 1 unspecified atom stereocenters. The summed E-state index contributed by atoms with van der Waals surface area (Å²) in [5.41, 5.74) is 3.08. The SMILES string of the molecule is C=CCn1c(=O)c(C2CC(=O)N(Cc3ccccc3)C3=C2C(=O)CC(C)(C)C3)cc2cc(Cl)ccc21. The molecule has 1 amide bonds. The zero-order valence-electron chi connectivity index (χ0n) is 20.6. The van der Waals surface area contributed by atoms with E-state index in [1.54, 1.807) is 21.6 Å². The Morgan fingerprint density at radius 1 is 1.06 bits per heavy atom. The van der Waals surface area contributed by atoms with Gasteiger partial charge < -0.3 is 9.47 Å². The molecular weight excluding hydrogens is 472 g/mol. The van der Waals surface area contributed by atoms with Gasteiger partial charge in [-0.05, 0) is 41.7 Å². The van der Waals surface area contributed by atoms with E-state index < -0.39 is 5.92 Å². The molecule has 0 N–H and O–H groups in total. The standard InChI is InChI=1S/C30H29ClN2O3/c1-4-12-32-24-11-10-21(31)13-20(24)14-23(29(32)36)22-15-27(35)33(18-19-8-6-5-7-9-19)25-16-30(2,3)17-26(34)28(22)25/h4-11,13-14,22H,1,12,15-18H2,2-3H3. The molecule has 36 heavy (non-hydrogen) atoms. The van der Waals surface area contributed by atoms with E-state index in [0.717, 1.165) is 22.2 Å². The van der Waals surface area contributed by atoms with Crippen LogP contribution in [0.3, 0.4) is 0 Å². The van der Waals surface area contributed by atoms with E-state index >= 15 is 0 Å². The Bertz CT molecular complexity index is 1480. The molecule has 2 heterocycles. The lowest BCUT2D eigenvalue weighted by atomic mass is 9.69. The third-order valence-corrected chi connectivity index (χ3v) is 7.44. The van der Waals surface area contributed by atoms with E-state index in [4.69, 9.17) is 11.6 Å². The quantitative estimate of drug-likeness (QED) is 0.404. The average Bonchev–Trinajstić information content (AvgIpc) is 2.82. The Morgan fingerprint density at radius 2 is 1.81 bits per heavy atom. The monoisotopic (exact) mass is 500 g/mol. The summed E-state index contributed by atoms with van der Waals surface area (Å²) in [5.74, 6) is -0.651. The van der Waals surface area contributed by atoms with E-state index in [9.17, 15) is 14.4 Å². The molecule has 0 spiro atoms. The van der Waals surface area contributed by atoms with Crippen molar-refractivity contribution in [2.24, 2.45) is 5.41 Å². The Morgan fingerprint density at radius 3 is 2.53 bits per heavy atom. The van der Waals surface area contributed by atoms with Crippen molar-refractivity contribution in [1.82, 2.24) is 9.47 Å². The van der Waals surface area contributed by atoms with Crippen LogP contribution in [0, 0.1) is 5.41 Å². The second-order valence-electron chi connectivity index (χ2n) is 10.5. The Kier molecular flexibility index (Phi) is 6.21. The second-order valence-corrected chi connectivity index (χ2v) is 11.0. The smallest absolute Gasteiger partial charge is 0.255 e. The maximum absolute atomic E-state index is 13.8. The first kappa shape index (κ1) is 24.3. The number of hydrogen-bond acceptors (Lipinski definition) is 3. The summed E-state index contributed by atoms with van der Waals surface area (Å²) >= 11 is 6.28. The number of carbonyl (C=O) groups excluding carboxylic acids is 2. The molecule has 1 aliphatic carbocycles. The predicted molar refractivity (Wildman–Crippen MR) is 143 cm³/mol. The van der Waals surface area contributed by atoms with E-state index in [1.807, 2.05) is 48.5 Å². The minimum Gasteiger partial charge on any atom is -0.311 e. The number of aromatic nitrogens is 1. The summed E-state index contributed by atoms with van der Waals surface area (Å²) in [6.07, 6.45) is 2.73. The fourth-order valence-corrected chi connectivity index (χ4v) is 5.81. The number of nitrogens with zero attached hydrogens (tertiary/aromatic N) is 2. The van der Waals surface area contributed by atoms with Gasteiger partial charge in [0.15, 0.2) is 5.78 Å². The van der Waals surface area contributed by atoms with Crippen molar-refractivity contribution in [3.63, 3.8) is 0 Å². The molecule has 0 saturated carbocycles. The van der Waals surface area contributed by atoms with E-state index in [2.05, 4.69) is 20.4 Å². The summed E-state index contributed by atoms with van der Waals surface area (Å²) in [6, 6.07) is 17.0. The molecule has 0 saturated heterocycles. The highest BCUT2D eigenvalue weighted by Crippen LogP contribution is 2.47. The Hall–Kier alpha value is -3.44. The van der Waals surface area contributed by atoms with Crippen LogP contribution in [0.25, 0.3) is 10.9 Å². The highest BCUT2D eigenvalue weighted by Gasteiger charge is 2.44. The largest absolute Gasteiger partial charge is 0.311 e. The van der Waals surface area contributed by atoms with Crippen LogP contribution in [0.2, 0.25) is 5.02 Å². The molecule has 184 valence electrons. The van der Waals surface area contributed by atoms with Crippen molar-refractivity contribution >= 4 is 34.2 Å². The van der Waals surface area contributed by atoms with Crippen LogP contribution in [0.15, 0.2) is 83.3 Å². The number of amides is 1. The molecular formula is C30H29ClN2O3. The van der Waals surface area contributed by atoms with Gasteiger partial charge in [0.25, 0.3) is 5.56 Å². The average molecular weight is 501 g/mol. The van der Waals surface area contributed by atoms with Gasteiger partial charge in [0.05, 0.1) is 12.1 Å². The first-order valence-corrected chi connectivity index (χ1v) is 12.6. The van der Waals surface area contributed by atoms with Crippen LogP contribution in [0.4, 0.5) is 0 Å². The number of ketones is 1. The number of fused-ring (bicyclic) bond motifs is 1. The number of Topliss-reactive ketones (excluding diaryl/α,β-unsaturated/α-hetero) is 1. The van der Waals surface area contributed by atoms with E-state index in [1.165, 1.54) is 0 Å². The van der Waals surface area contributed by atoms with E-state index in [0.29, 0.717) is 42.1 Å². The van der Waals surface area contributed by atoms with Gasteiger partial charge in [0.1, 0.15) is 0 Å². The summed E-state index contributed by atoms with van der Waals surface area (Å²) in [4.78, 5) is 42.8. The molecule has 1 atom stereocenters. The maximum Gasteiger partial charge on any atom is 0.255 e. The molecule has 0 radical (unpaired) electrons. The molecule has 5 rings (SSSR count). The lowest BCUT2D eigenvalue weighted by Crippen LogP contribution is -2.44. The minimum atomic E-state index is -0.588. The molecule has 2 aliphatic rings. The Balaban J connectivity index is 1.71. The maximum atomic E-state index is 13.8. The lowest BCUT2D eigenvalue weighted by molar-refractivity contribution is -0.132. The summed E-state index contributed by atoms with van der Waals surface area (Å²) < 4.78 is 1.65. The van der Waals surface area contributed by atoms with Crippen LogP contribution >= 0.6 is 11.6 Å². The van der Waals surface area contributed by atoms with Crippen LogP contribution in [0.1, 0.15) is 50.2 Å². The van der Waals surface area contributed by atoms with Crippen molar-refractivity contribution in [2.75, 3.05) is 0 Å². The fourth-order valence-electron chi connectivity index (χ4n) is 5.63. The van der Waals surface area contributed by atoms with Crippen molar-refractivity contribution in [3.8, 4) is 0 Å². The van der Waals surface area contributed by atoms with Gasteiger partial charge in [-0.25, -0.2) is 0 Å². The van der Waals surface area contributed by atoms with Gasteiger partial charge in [-0.15, -0.1) is 6.58 Å². The van der Waals surface area contributed by atoms with Crippen molar-refractivity contribution in [1.29, 1.82) is 0 Å². The van der Waals surface area contributed by atoms with Gasteiger partial charge in [-0.2, -0.15) is 0 Å². The first-order valence-electron chi connectivity index (χ1n) is 12.2. The summed E-state index contributed by atoms with van der Waals surface area (Å²) in [5, 5.41) is 1.35. The number of benzene rings is 2. The number of halogens is 1. The zero-order chi connectivity index (χ0) is 25.6. The molecule has 6 heteroatoms. The van der Waals surface area contributed by atoms with Gasteiger partial charge >= 0.3 is 0 Å². The predicted octanol–water partition coefficient (Wildman–Crippen LogP) is 6.00. The van der Waals surface area contributed by atoms with Gasteiger partial charge in [-0.3, -0.25) is 14.4 Å².